The molecule has 0 radical (unpaired) electrons. The number of nitrogens with one attached hydrogen (secondary N) is 2. The summed E-state index contributed by atoms with van der Waals surface area (Å²) in [4.78, 5) is 6.61. The zero-order chi connectivity index (χ0) is 21.0. The van der Waals surface area contributed by atoms with Crippen LogP contribution < -0.4 is 10.6 Å². The van der Waals surface area contributed by atoms with Crippen molar-refractivity contribution in [1.82, 2.24) is 25.3 Å². The lowest BCUT2D eigenvalue weighted by molar-refractivity contribution is 0.198. The van der Waals surface area contributed by atoms with Crippen molar-refractivity contribution in [1.29, 1.82) is 0 Å². The second kappa shape index (κ2) is 11.0. The zero-order valence-corrected chi connectivity index (χ0v) is 20.3. The molecule has 2 heterocycles. The van der Waals surface area contributed by atoms with Crippen molar-refractivity contribution in [3.63, 3.8) is 0 Å². The van der Waals surface area contributed by atoms with E-state index in [4.69, 9.17) is 0 Å². The van der Waals surface area contributed by atoms with E-state index < -0.39 is 11.6 Å². The van der Waals surface area contributed by atoms with E-state index in [0.29, 0.717) is 19.1 Å². The van der Waals surface area contributed by atoms with Crippen LogP contribution in [0.25, 0.3) is 0 Å². The normalized spacial score (nSPS) is 15.7. The van der Waals surface area contributed by atoms with Crippen molar-refractivity contribution in [2.75, 3.05) is 20.1 Å². The van der Waals surface area contributed by atoms with Gasteiger partial charge in [0.25, 0.3) is 0 Å². The Balaban J connectivity index is 0.00000320. The van der Waals surface area contributed by atoms with Gasteiger partial charge in [0.15, 0.2) is 17.6 Å². The largest absolute Gasteiger partial charge is 0.354 e. The summed E-state index contributed by atoms with van der Waals surface area (Å²) in [5.41, 5.74) is 4.17. The highest BCUT2D eigenvalue weighted by molar-refractivity contribution is 14.0. The quantitative estimate of drug-likeness (QED) is 0.353. The third kappa shape index (κ3) is 6.13. The minimum absolute atomic E-state index is 0. The summed E-state index contributed by atoms with van der Waals surface area (Å²) < 4.78 is 28.4. The first-order valence-corrected chi connectivity index (χ1v) is 10.00. The number of likely N-dealkylation sites (tertiary alicyclic amines) is 1. The first-order chi connectivity index (χ1) is 13.9. The summed E-state index contributed by atoms with van der Waals surface area (Å²) in [5, 5.41) is 11.3. The summed E-state index contributed by atoms with van der Waals surface area (Å²) in [6.07, 6.45) is 1.94. The number of hydrogen-bond donors (Lipinski definition) is 2. The topological polar surface area (TPSA) is 57.5 Å². The van der Waals surface area contributed by atoms with Gasteiger partial charge in [-0.05, 0) is 44.4 Å². The van der Waals surface area contributed by atoms with Crippen molar-refractivity contribution in [3.8, 4) is 0 Å². The highest BCUT2D eigenvalue weighted by Gasteiger charge is 2.20. The number of benzene rings is 1. The molecule has 0 atom stereocenters. The van der Waals surface area contributed by atoms with Crippen LogP contribution >= 0.6 is 24.0 Å². The summed E-state index contributed by atoms with van der Waals surface area (Å²) >= 11 is 0. The number of aryl methyl sites for hydroxylation is 2. The maximum atomic E-state index is 13.4. The number of guanidine groups is 1. The molecule has 0 aliphatic carbocycles. The lowest BCUT2D eigenvalue weighted by Crippen LogP contribution is -2.48. The molecule has 1 aliphatic rings. The van der Waals surface area contributed by atoms with Gasteiger partial charge < -0.3 is 10.6 Å². The summed E-state index contributed by atoms with van der Waals surface area (Å²) in [7, 11) is 3.73. The molecule has 9 heteroatoms. The molecule has 30 heavy (non-hydrogen) atoms. The summed E-state index contributed by atoms with van der Waals surface area (Å²) in [6.45, 7) is 7.19. The third-order valence-corrected chi connectivity index (χ3v) is 5.63. The van der Waals surface area contributed by atoms with Crippen LogP contribution in [0.2, 0.25) is 0 Å². The van der Waals surface area contributed by atoms with E-state index in [1.807, 2.05) is 18.7 Å². The smallest absolute Gasteiger partial charge is 0.191 e. The molecule has 1 aliphatic heterocycles. The van der Waals surface area contributed by atoms with Crippen LogP contribution in [0.15, 0.2) is 23.2 Å². The van der Waals surface area contributed by atoms with Gasteiger partial charge in [-0.2, -0.15) is 5.10 Å². The van der Waals surface area contributed by atoms with Gasteiger partial charge in [0.05, 0.1) is 5.69 Å². The molecule has 1 aromatic carbocycles. The van der Waals surface area contributed by atoms with Crippen molar-refractivity contribution < 1.29 is 8.78 Å². The number of hydrogen-bond acceptors (Lipinski definition) is 3. The number of aromatic nitrogens is 2. The first kappa shape index (κ1) is 24.5. The van der Waals surface area contributed by atoms with Gasteiger partial charge >= 0.3 is 0 Å². The molecule has 1 saturated heterocycles. The van der Waals surface area contributed by atoms with Crippen LogP contribution in [-0.2, 0) is 20.1 Å². The van der Waals surface area contributed by atoms with Crippen molar-refractivity contribution in [3.05, 3.63) is 52.3 Å². The zero-order valence-electron chi connectivity index (χ0n) is 18.0. The van der Waals surface area contributed by atoms with Gasteiger partial charge in [-0.15, -0.1) is 24.0 Å². The fourth-order valence-corrected chi connectivity index (χ4v) is 3.77. The predicted molar refractivity (Wildman–Crippen MR) is 126 cm³/mol. The summed E-state index contributed by atoms with van der Waals surface area (Å²) in [5.74, 6) is -0.799. The molecule has 2 aromatic rings. The second-order valence-electron chi connectivity index (χ2n) is 7.64. The Morgan fingerprint density at radius 3 is 2.47 bits per heavy atom. The fraction of sp³-hybridized carbons (Fsp3) is 0.524. The highest BCUT2D eigenvalue weighted by Crippen LogP contribution is 2.16. The van der Waals surface area contributed by atoms with E-state index in [2.05, 4.69) is 32.5 Å². The lowest BCUT2D eigenvalue weighted by Gasteiger charge is -2.33. The van der Waals surface area contributed by atoms with E-state index >= 15 is 0 Å². The molecule has 2 N–H and O–H groups in total. The van der Waals surface area contributed by atoms with Gasteiger partial charge in [0.1, 0.15) is 0 Å². The van der Waals surface area contributed by atoms with Crippen molar-refractivity contribution in [2.24, 2.45) is 12.0 Å². The van der Waals surface area contributed by atoms with E-state index in [0.717, 1.165) is 48.8 Å². The number of halogens is 3. The Morgan fingerprint density at radius 2 is 1.90 bits per heavy atom. The third-order valence-electron chi connectivity index (χ3n) is 5.63. The minimum Gasteiger partial charge on any atom is -0.354 e. The Bertz CT molecular complexity index is 875. The molecule has 3 rings (SSSR count). The van der Waals surface area contributed by atoms with E-state index in [9.17, 15) is 8.78 Å². The van der Waals surface area contributed by atoms with Crippen LogP contribution in [-0.4, -0.2) is 46.8 Å². The van der Waals surface area contributed by atoms with Crippen molar-refractivity contribution >= 4 is 29.9 Å². The molecular weight excluding hydrogens is 501 g/mol. The molecule has 0 amide bonds. The van der Waals surface area contributed by atoms with E-state index in [1.54, 1.807) is 13.1 Å². The Hall–Kier alpha value is -1.75. The average Bonchev–Trinajstić information content (AvgIpc) is 2.94. The van der Waals surface area contributed by atoms with Crippen molar-refractivity contribution in [2.45, 2.75) is 45.8 Å². The minimum atomic E-state index is -0.799. The van der Waals surface area contributed by atoms with Gasteiger partial charge in [-0.1, -0.05) is 6.07 Å². The Kier molecular flexibility index (Phi) is 9.02. The number of rotatable bonds is 5. The molecule has 6 nitrogen and oxygen atoms in total. The van der Waals surface area contributed by atoms with Crippen LogP contribution in [0.1, 0.15) is 35.4 Å². The van der Waals surface area contributed by atoms with E-state index in [1.165, 1.54) is 17.7 Å². The first-order valence-electron chi connectivity index (χ1n) is 10.00. The fourth-order valence-electron chi connectivity index (χ4n) is 3.77. The van der Waals surface area contributed by atoms with E-state index in [-0.39, 0.29) is 24.0 Å². The monoisotopic (exact) mass is 532 g/mol. The molecule has 0 saturated carbocycles. The van der Waals surface area contributed by atoms with Gasteiger partial charge in [0, 0.05) is 57.6 Å². The molecule has 0 bridgehead atoms. The molecule has 166 valence electrons. The SMILES string of the molecule is CN=C(NCc1c(C)nn(C)c1C)NC1CCN(Cc2ccc(F)c(F)c2)CC1.I. The van der Waals surface area contributed by atoms with Crippen LogP contribution in [0.3, 0.4) is 0 Å². The molecular formula is C21H31F2IN6. The number of nitrogens with zero attached hydrogens (tertiary/aromatic N) is 4. The number of aliphatic imine (C=N–C) groups is 1. The van der Waals surface area contributed by atoms with Gasteiger partial charge in [0.2, 0.25) is 0 Å². The van der Waals surface area contributed by atoms with Gasteiger partial charge in [-0.3, -0.25) is 14.6 Å². The lowest BCUT2D eigenvalue weighted by atomic mass is 10.0. The maximum Gasteiger partial charge on any atom is 0.191 e. The highest BCUT2D eigenvalue weighted by atomic mass is 127. The molecule has 1 aromatic heterocycles. The summed E-state index contributed by atoms with van der Waals surface area (Å²) in [6, 6.07) is 4.46. The second-order valence-corrected chi connectivity index (χ2v) is 7.64. The molecule has 1 fully saturated rings. The van der Waals surface area contributed by atoms with Crippen LogP contribution in [0.4, 0.5) is 8.78 Å². The van der Waals surface area contributed by atoms with Crippen LogP contribution in [0, 0.1) is 25.5 Å². The van der Waals surface area contributed by atoms with Crippen LogP contribution in [0.5, 0.6) is 0 Å². The van der Waals surface area contributed by atoms with Gasteiger partial charge in [-0.25, -0.2) is 8.78 Å². The Morgan fingerprint density at radius 1 is 1.20 bits per heavy atom. The maximum absolute atomic E-state index is 13.4. The predicted octanol–water partition coefficient (Wildman–Crippen LogP) is 3.26. The number of piperidine rings is 1. The Labute approximate surface area is 194 Å². The average molecular weight is 532 g/mol. The molecule has 0 spiro atoms. The molecule has 0 unspecified atom stereocenters. The standard InChI is InChI=1S/C21H30F2N6.HI/c1-14-18(15(2)28(4)27-14)12-25-21(24-3)26-17-7-9-29(10-8-17)13-16-5-6-19(22)20(23)11-16;/h5-6,11,17H,7-10,12-13H2,1-4H3,(H2,24,25,26);1H.